The molecule has 0 bridgehead atoms. The fourth-order valence-electron chi connectivity index (χ4n) is 5.46. The van der Waals surface area contributed by atoms with Gasteiger partial charge in [0.05, 0.1) is 17.2 Å². The summed E-state index contributed by atoms with van der Waals surface area (Å²) in [6.45, 7) is 5.17. The minimum atomic E-state index is -4.07. The van der Waals surface area contributed by atoms with Crippen molar-refractivity contribution in [1.29, 1.82) is 0 Å². The molecule has 1 aliphatic heterocycles. The maximum Gasteiger partial charge on any atom is 0.379 e. The Morgan fingerprint density at radius 1 is 0.867 bits per heavy atom. The third-order valence-electron chi connectivity index (χ3n) is 8.09. The Balaban J connectivity index is 1.54. The molecule has 240 valence electrons. The standard InChI is InChI=1S/C33H38N2O8S2/c1-3-24(2)26-13-15-30-28(21-26)34(17-7-9-19-44(36,37)38)32(42-30)23-33-35(18-8-10-20-45(39,40)41)29-22-27(14-16-31(29)43-33)25-11-5-4-6-12-25/h4-6,11-16,21-24H,3,7-10,17-20H2,1-2H3,(H-,36,37,38,39,40,41)/p+1. The number of aryl methyl sites for hydroxylation is 1. The Morgan fingerprint density at radius 2 is 1.58 bits per heavy atom. The Morgan fingerprint density at radius 3 is 2.27 bits per heavy atom. The molecule has 5 rings (SSSR count). The molecule has 3 aromatic carbocycles. The van der Waals surface area contributed by atoms with Crippen molar-refractivity contribution >= 4 is 43.1 Å². The lowest BCUT2D eigenvalue weighted by Gasteiger charge is -2.19. The zero-order chi connectivity index (χ0) is 32.2. The highest BCUT2D eigenvalue weighted by atomic mass is 32.2. The van der Waals surface area contributed by atoms with Crippen LogP contribution in [0.5, 0.6) is 5.75 Å². The number of aromatic nitrogens is 1. The molecule has 0 fully saturated rings. The number of rotatable bonds is 14. The number of unbranched alkanes of at least 4 members (excludes halogenated alkanes) is 2. The molecule has 2 heterocycles. The van der Waals surface area contributed by atoms with E-state index in [4.69, 9.17) is 9.15 Å². The molecule has 1 aliphatic rings. The van der Waals surface area contributed by atoms with Crippen LogP contribution in [0.4, 0.5) is 5.69 Å². The molecule has 0 aliphatic carbocycles. The lowest BCUT2D eigenvalue weighted by Crippen LogP contribution is -2.36. The summed E-state index contributed by atoms with van der Waals surface area (Å²) < 4.78 is 78.5. The Kier molecular flexibility index (Phi) is 9.97. The fraction of sp³-hybridized carbons (Fsp3) is 0.364. The molecule has 0 radical (unpaired) electrons. The van der Waals surface area contributed by atoms with Gasteiger partial charge in [-0.1, -0.05) is 56.3 Å². The Hall–Kier alpha value is -3.71. The molecule has 2 N–H and O–H groups in total. The van der Waals surface area contributed by atoms with Crippen molar-refractivity contribution in [3.05, 3.63) is 84.1 Å². The quantitative estimate of drug-likeness (QED) is 0.0894. The summed E-state index contributed by atoms with van der Waals surface area (Å²) in [4.78, 5) is 2.00. The number of hydrogen-bond donors (Lipinski definition) is 2. The van der Waals surface area contributed by atoms with E-state index < -0.39 is 20.2 Å². The number of hydrogen-bond acceptors (Lipinski definition) is 7. The van der Waals surface area contributed by atoms with Gasteiger partial charge in [-0.05, 0) is 66.5 Å². The topological polar surface area (TPSA) is 138 Å². The number of nitrogens with zero attached hydrogens (tertiary/aromatic N) is 2. The van der Waals surface area contributed by atoms with Crippen LogP contribution in [0, 0.1) is 0 Å². The van der Waals surface area contributed by atoms with E-state index in [0.29, 0.717) is 55.0 Å². The van der Waals surface area contributed by atoms with E-state index >= 15 is 0 Å². The van der Waals surface area contributed by atoms with Crippen LogP contribution in [0.25, 0.3) is 28.3 Å². The Bertz CT molecular complexity index is 1900. The number of oxazole rings is 1. The summed E-state index contributed by atoms with van der Waals surface area (Å²) in [6, 6.07) is 22.0. The first-order valence-corrected chi connectivity index (χ1v) is 18.4. The molecule has 1 unspecified atom stereocenters. The van der Waals surface area contributed by atoms with Crippen LogP contribution < -0.4 is 14.2 Å². The van der Waals surface area contributed by atoms with Gasteiger partial charge in [0, 0.05) is 19.0 Å². The van der Waals surface area contributed by atoms with E-state index in [-0.39, 0.29) is 24.3 Å². The molecule has 10 nitrogen and oxygen atoms in total. The lowest BCUT2D eigenvalue weighted by molar-refractivity contribution is -0.678. The summed E-state index contributed by atoms with van der Waals surface area (Å²) in [7, 11) is -8.14. The molecule has 0 saturated heterocycles. The van der Waals surface area contributed by atoms with Gasteiger partial charge in [0.25, 0.3) is 25.8 Å². The first-order chi connectivity index (χ1) is 21.4. The Labute approximate surface area is 264 Å². The predicted octanol–water partition coefficient (Wildman–Crippen LogP) is 6.43. The first kappa shape index (κ1) is 32.7. The van der Waals surface area contributed by atoms with Crippen molar-refractivity contribution in [2.75, 3.05) is 23.0 Å². The average molecular weight is 656 g/mol. The van der Waals surface area contributed by atoms with E-state index in [1.807, 2.05) is 70.1 Å². The van der Waals surface area contributed by atoms with Gasteiger partial charge >= 0.3 is 5.89 Å². The number of fused-ring (bicyclic) bond motifs is 2. The molecular formula is C33H39N2O8S2+. The van der Waals surface area contributed by atoms with Gasteiger partial charge in [0.15, 0.2) is 12.3 Å². The van der Waals surface area contributed by atoms with Crippen LogP contribution in [0.3, 0.4) is 0 Å². The zero-order valence-corrected chi connectivity index (χ0v) is 27.1. The van der Waals surface area contributed by atoms with Crippen LogP contribution >= 0.6 is 0 Å². The molecule has 45 heavy (non-hydrogen) atoms. The third-order valence-corrected chi connectivity index (χ3v) is 9.70. The van der Waals surface area contributed by atoms with Gasteiger partial charge in [-0.2, -0.15) is 21.4 Å². The van der Waals surface area contributed by atoms with Gasteiger partial charge in [0.2, 0.25) is 11.5 Å². The second kappa shape index (κ2) is 13.7. The van der Waals surface area contributed by atoms with Crippen LogP contribution in [0.1, 0.15) is 63.3 Å². The molecule has 0 spiro atoms. The highest BCUT2D eigenvalue weighted by Gasteiger charge is 2.31. The second-order valence-electron chi connectivity index (χ2n) is 11.4. The SMILES string of the molecule is CCC(C)c1ccc2c(c1)N(CCCCS(=O)(=O)O)C(=Cc1oc3ccc(-c4ccccc4)cc3[n+]1CCCCS(=O)(=O)O)O2. The van der Waals surface area contributed by atoms with Gasteiger partial charge < -0.3 is 14.1 Å². The van der Waals surface area contributed by atoms with Crippen LogP contribution in [0.2, 0.25) is 0 Å². The zero-order valence-electron chi connectivity index (χ0n) is 25.4. The molecule has 4 aromatic rings. The molecule has 0 saturated carbocycles. The minimum Gasteiger partial charge on any atom is -0.438 e. The number of ether oxygens (including phenoxy) is 1. The van der Waals surface area contributed by atoms with Gasteiger partial charge in [0.1, 0.15) is 6.08 Å². The van der Waals surface area contributed by atoms with E-state index in [9.17, 15) is 25.9 Å². The van der Waals surface area contributed by atoms with Crippen molar-refractivity contribution < 1.29 is 39.7 Å². The summed E-state index contributed by atoms with van der Waals surface area (Å²) in [5, 5.41) is 0. The minimum absolute atomic E-state index is 0.271. The first-order valence-electron chi connectivity index (χ1n) is 15.1. The molecule has 1 aromatic heterocycles. The normalized spacial score (nSPS) is 15.0. The highest BCUT2D eigenvalue weighted by molar-refractivity contribution is 7.86. The van der Waals surface area contributed by atoms with E-state index in [1.54, 1.807) is 6.08 Å². The van der Waals surface area contributed by atoms with Crippen molar-refractivity contribution in [1.82, 2.24) is 0 Å². The van der Waals surface area contributed by atoms with Crippen LogP contribution in [-0.4, -0.2) is 44.0 Å². The summed E-state index contributed by atoms with van der Waals surface area (Å²) in [6.07, 6.45) is 4.29. The fourth-order valence-corrected chi connectivity index (χ4v) is 6.60. The van der Waals surface area contributed by atoms with Gasteiger partial charge in [-0.3, -0.25) is 9.11 Å². The number of benzene rings is 3. The predicted molar refractivity (Wildman–Crippen MR) is 174 cm³/mol. The monoisotopic (exact) mass is 655 g/mol. The maximum absolute atomic E-state index is 11.3. The van der Waals surface area contributed by atoms with E-state index in [1.165, 1.54) is 0 Å². The van der Waals surface area contributed by atoms with Crippen molar-refractivity contribution in [3.8, 4) is 16.9 Å². The van der Waals surface area contributed by atoms with E-state index in [2.05, 4.69) is 19.9 Å². The van der Waals surface area contributed by atoms with Crippen molar-refractivity contribution in [2.24, 2.45) is 0 Å². The molecular weight excluding hydrogens is 617 g/mol. The number of anilines is 1. The molecule has 0 amide bonds. The van der Waals surface area contributed by atoms with Crippen molar-refractivity contribution in [2.45, 2.75) is 58.4 Å². The highest BCUT2D eigenvalue weighted by Crippen LogP contribution is 2.42. The lowest BCUT2D eigenvalue weighted by atomic mass is 9.98. The van der Waals surface area contributed by atoms with Gasteiger partial charge in [-0.25, -0.2) is 0 Å². The van der Waals surface area contributed by atoms with Crippen LogP contribution in [-0.2, 0) is 26.8 Å². The summed E-state index contributed by atoms with van der Waals surface area (Å²) in [5.74, 6) is 1.36. The summed E-state index contributed by atoms with van der Waals surface area (Å²) in [5.41, 5.74) is 5.54. The van der Waals surface area contributed by atoms with E-state index in [0.717, 1.165) is 34.3 Å². The van der Waals surface area contributed by atoms with Crippen LogP contribution in [0.15, 0.2) is 77.0 Å². The third kappa shape index (κ3) is 8.31. The molecule has 1 atom stereocenters. The molecule has 12 heteroatoms. The largest absolute Gasteiger partial charge is 0.438 e. The maximum atomic E-state index is 11.3. The van der Waals surface area contributed by atoms with Crippen molar-refractivity contribution in [3.63, 3.8) is 0 Å². The second-order valence-corrected chi connectivity index (χ2v) is 14.5. The van der Waals surface area contributed by atoms with Gasteiger partial charge in [-0.15, -0.1) is 0 Å². The average Bonchev–Trinajstić information content (AvgIpc) is 3.52. The smallest absolute Gasteiger partial charge is 0.379 e. The summed E-state index contributed by atoms with van der Waals surface area (Å²) >= 11 is 0.